The average Bonchev–Trinajstić information content (AvgIpc) is 3.06. The van der Waals surface area contributed by atoms with Crippen molar-refractivity contribution in [3.8, 4) is 11.1 Å². The minimum atomic E-state index is 0.0167. The molecule has 0 atom stereocenters. The van der Waals surface area contributed by atoms with Gasteiger partial charge in [-0.15, -0.1) is 0 Å². The third-order valence-corrected chi connectivity index (χ3v) is 6.03. The first-order chi connectivity index (χ1) is 13.7. The van der Waals surface area contributed by atoms with Gasteiger partial charge in [0.15, 0.2) is 5.78 Å². The van der Waals surface area contributed by atoms with Crippen LogP contribution in [0.15, 0.2) is 72.8 Å². The monoisotopic (exact) mass is 367 g/mol. The molecule has 0 spiro atoms. The summed E-state index contributed by atoms with van der Waals surface area (Å²) < 4.78 is 0. The van der Waals surface area contributed by atoms with E-state index in [-0.39, 0.29) is 11.7 Å². The van der Waals surface area contributed by atoms with Crippen LogP contribution in [0.3, 0.4) is 0 Å². The summed E-state index contributed by atoms with van der Waals surface area (Å²) in [7, 11) is 0. The minimum absolute atomic E-state index is 0.0167. The molecule has 1 amide bonds. The van der Waals surface area contributed by atoms with Crippen molar-refractivity contribution in [2.24, 2.45) is 0 Å². The second kappa shape index (κ2) is 6.75. The Kier molecular flexibility index (Phi) is 4.09. The van der Waals surface area contributed by atoms with Crippen molar-refractivity contribution in [2.45, 2.75) is 18.8 Å². The largest absolute Gasteiger partial charge is 0.339 e. The Labute approximate surface area is 164 Å². The van der Waals surface area contributed by atoms with Crippen LogP contribution >= 0.6 is 0 Å². The maximum atomic E-state index is 13.0. The molecule has 1 aliphatic carbocycles. The second-order valence-corrected chi connectivity index (χ2v) is 7.61. The molecule has 3 nitrogen and oxygen atoms in total. The second-order valence-electron chi connectivity index (χ2n) is 7.61. The molecule has 0 N–H and O–H groups in total. The normalized spacial score (nSPS) is 16.0. The number of likely N-dealkylation sites (tertiary alicyclic amines) is 1. The summed E-state index contributed by atoms with van der Waals surface area (Å²) in [5.74, 6) is 0.558. The predicted octanol–water partition coefficient (Wildman–Crippen LogP) is 4.92. The number of amides is 1. The van der Waals surface area contributed by atoms with E-state index in [2.05, 4.69) is 24.3 Å². The van der Waals surface area contributed by atoms with Crippen LogP contribution in [0.1, 0.15) is 50.6 Å². The van der Waals surface area contributed by atoms with Crippen LogP contribution in [0.25, 0.3) is 11.1 Å². The highest BCUT2D eigenvalue weighted by atomic mass is 16.2. The SMILES string of the molecule is O=C1c2ccccc2-c2ccc(C(=O)N3CCC(c4ccccc4)CC3)cc21. The van der Waals surface area contributed by atoms with Gasteiger partial charge >= 0.3 is 0 Å². The van der Waals surface area contributed by atoms with Gasteiger partial charge in [-0.05, 0) is 47.6 Å². The number of rotatable bonds is 2. The lowest BCUT2D eigenvalue weighted by molar-refractivity contribution is 0.0713. The van der Waals surface area contributed by atoms with Crippen molar-refractivity contribution in [2.75, 3.05) is 13.1 Å². The third-order valence-electron chi connectivity index (χ3n) is 6.03. The van der Waals surface area contributed by atoms with E-state index in [9.17, 15) is 9.59 Å². The highest BCUT2D eigenvalue weighted by molar-refractivity contribution is 6.22. The molecule has 3 heteroatoms. The maximum absolute atomic E-state index is 13.0. The van der Waals surface area contributed by atoms with Gasteiger partial charge in [-0.1, -0.05) is 60.7 Å². The standard InChI is InChI=1S/C25H21NO2/c27-24-22-9-5-4-8-20(22)21-11-10-19(16-23(21)24)25(28)26-14-12-18(13-15-26)17-6-2-1-3-7-17/h1-11,16,18H,12-15H2. The van der Waals surface area contributed by atoms with Crippen LogP contribution < -0.4 is 0 Å². The molecule has 5 rings (SSSR count). The van der Waals surface area contributed by atoms with Crippen molar-refractivity contribution < 1.29 is 9.59 Å². The van der Waals surface area contributed by atoms with Crippen molar-refractivity contribution in [3.63, 3.8) is 0 Å². The fraction of sp³-hybridized carbons (Fsp3) is 0.200. The third kappa shape index (κ3) is 2.75. The van der Waals surface area contributed by atoms with Crippen molar-refractivity contribution in [3.05, 3.63) is 95.1 Å². The van der Waals surface area contributed by atoms with Crippen LogP contribution in [0.5, 0.6) is 0 Å². The van der Waals surface area contributed by atoms with Gasteiger partial charge in [-0.25, -0.2) is 0 Å². The van der Waals surface area contributed by atoms with Gasteiger partial charge < -0.3 is 4.90 Å². The Bertz CT molecular complexity index is 1060. The molecule has 0 radical (unpaired) electrons. The van der Waals surface area contributed by atoms with E-state index in [0.717, 1.165) is 42.6 Å². The lowest BCUT2D eigenvalue weighted by atomic mass is 9.89. The molecule has 0 bridgehead atoms. The van der Waals surface area contributed by atoms with E-state index in [1.54, 1.807) is 6.07 Å². The molecular formula is C25H21NO2. The number of hydrogen-bond acceptors (Lipinski definition) is 2. The molecule has 1 fully saturated rings. The lowest BCUT2D eigenvalue weighted by Gasteiger charge is -2.32. The van der Waals surface area contributed by atoms with Gasteiger partial charge in [0.1, 0.15) is 0 Å². The topological polar surface area (TPSA) is 37.4 Å². The summed E-state index contributed by atoms with van der Waals surface area (Å²) in [5.41, 5.74) is 5.23. The molecule has 1 saturated heterocycles. The first-order valence-electron chi connectivity index (χ1n) is 9.85. The van der Waals surface area contributed by atoms with Crippen LogP contribution in [0, 0.1) is 0 Å². The smallest absolute Gasteiger partial charge is 0.253 e. The van der Waals surface area contributed by atoms with Crippen molar-refractivity contribution in [1.82, 2.24) is 4.90 Å². The van der Waals surface area contributed by atoms with Gasteiger partial charge in [-0.2, -0.15) is 0 Å². The van der Waals surface area contributed by atoms with Gasteiger partial charge in [-0.3, -0.25) is 9.59 Å². The molecule has 2 aliphatic rings. The summed E-state index contributed by atoms with van der Waals surface area (Å²) in [5, 5.41) is 0. The molecule has 138 valence electrons. The number of fused-ring (bicyclic) bond motifs is 3. The number of nitrogens with zero attached hydrogens (tertiary/aromatic N) is 1. The Hall–Kier alpha value is -3.20. The summed E-state index contributed by atoms with van der Waals surface area (Å²) in [6.45, 7) is 1.51. The van der Waals surface area contributed by atoms with E-state index < -0.39 is 0 Å². The van der Waals surface area contributed by atoms with E-state index in [1.807, 2.05) is 47.4 Å². The molecule has 3 aromatic rings. The average molecular weight is 367 g/mol. The molecule has 0 unspecified atom stereocenters. The molecule has 1 heterocycles. The van der Waals surface area contributed by atoms with Gasteiger partial charge in [0.25, 0.3) is 5.91 Å². The molecule has 28 heavy (non-hydrogen) atoms. The molecular weight excluding hydrogens is 346 g/mol. The summed E-state index contributed by atoms with van der Waals surface area (Å²) >= 11 is 0. The predicted molar refractivity (Wildman–Crippen MR) is 110 cm³/mol. The van der Waals surface area contributed by atoms with Gasteiger partial charge in [0, 0.05) is 29.8 Å². The zero-order chi connectivity index (χ0) is 19.1. The van der Waals surface area contributed by atoms with Gasteiger partial charge in [0.2, 0.25) is 0 Å². The Morgan fingerprint density at radius 3 is 2.14 bits per heavy atom. The molecule has 3 aromatic carbocycles. The summed E-state index contributed by atoms with van der Waals surface area (Å²) in [4.78, 5) is 27.7. The fourth-order valence-corrected chi connectivity index (χ4v) is 4.48. The van der Waals surface area contributed by atoms with Crippen molar-refractivity contribution in [1.29, 1.82) is 0 Å². The first kappa shape index (κ1) is 16.9. The molecule has 0 saturated carbocycles. The van der Waals surface area contributed by atoms with Crippen LogP contribution in [0.4, 0.5) is 0 Å². The van der Waals surface area contributed by atoms with Crippen molar-refractivity contribution >= 4 is 11.7 Å². The quantitative estimate of drug-likeness (QED) is 0.504. The van der Waals surface area contributed by atoms with E-state index in [1.165, 1.54) is 5.56 Å². The fourth-order valence-electron chi connectivity index (χ4n) is 4.48. The zero-order valence-corrected chi connectivity index (χ0v) is 15.6. The molecule has 0 aromatic heterocycles. The lowest BCUT2D eigenvalue weighted by Crippen LogP contribution is -2.38. The number of ketones is 1. The zero-order valence-electron chi connectivity index (χ0n) is 15.6. The van der Waals surface area contributed by atoms with E-state index in [0.29, 0.717) is 17.0 Å². The maximum Gasteiger partial charge on any atom is 0.253 e. The highest BCUT2D eigenvalue weighted by Gasteiger charge is 2.29. The van der Waals surface area contributed by atoms with Crippen LogP contribution in [-0.4, -0.2) is 29.7 Å². The first-order valence-corrected chi connectivity index (χ1v) is 9.85. The number of hydrogen-bond donors (Lipinski definition) is 0. The van der Waals surface area contributed by atoms with Gasteiger partial charge in [0.05, 0.1) is 0 Å². The number of carbonyl (C=O) groups is 2. The number of benzene rings is 3. The highest BCUT2D eigenvalue weighted by Crippen LogP contribution is 2.37. The summed E-state index contributed by atoms with van der Waals surface area (Å²) in [6, 6.07) is 23.7. The Morgan fingerprint density at radius 2 is 1.39 bits per heavy atom. The Balaban J connectivity index is 1.34. The molecule has 1 aliphatic heterocycles. The minimum Gasteiger partial charge on any atom is -0.339 e. The summed E-state index contributed by atoms with van der Waals surface area (Å²) in [6.07, 6.45) is 1.95. The van der Waals surface area contributed by atoms with E-state index in [4.69, 9.17) is 0 Å². The van der Waals surface area contributed by atoms with Crippen LogP contribution in [-0.2, 0) is 0 Å². The number of piperidine rings is 1. The Morgan fingerprint density at radius 1 is 0.750 bits per heavy atom. The van der Waals surface area contributed by atoms with E-state index >= 15 is 0 Å². The van der Waals surface area contributed by atoms with Crippen LogP contribution in [0.2, 0.25) is 0 Å². The number of carbonyl (C=O) groups excluding carboxylic acids is 2.